The van der Waals surface area contributed by atoms with Gasteiger partial charge in [0, 0.05) is 30.9 Å². The summed E-state index contributed by atoms with van der Waals surface area (Å²) in [6, 6.07) is -0.0306. The molecule has 18 heavy (non-hydrogen) atoms. The Hall–Kier alpha value is -0.940. The van der Waals surface area contributed by atoms with Gasteiger partial charge in [-0.25, -0.2) is 4.98 Å². The SMILES string of the molecule is CN1CCC(NCc2nc(C(C)(C)C)cs2)C1=O. The van der Waals surface area contributed by atoms with Crippen molar-refractivity contribution in [1.29, 1.82) is 0 Å². The summed E-state index contributed by atoms with van der Waals surface area (Å²) in [6.45, 7) is 8.02. The van der Waals surface area contributed by atoms with Crippen molar-refractivity contribution in [2.45, 2.75) is 45.2 Å². The average molecular weight is 267 g/mol. The van der Waals surface area contributed by atoms with E-state index in [2.05, 4.69) is 36.5 Å². The van der Waals surface area contributed by atoms with Crippen LogP contribution in [0.1, 0.15) is 37.9 Å². The van der Waals surface area contributed by atoms with Crippen molar-refractivity contribution in [3.63, 3.8) is 0 Å². The van der Waals surface area contributed by atoms with Crippen LogP contribution in [0.25, 0.3) is 0 Å². The Morgan fingerprint density at radius 1 is 1.56 bits per heavy atom. The summed E-state index contributed by atoms with van der Waals surface area (Å²) in [5, 5.41) is 6.47. The van der Waals surface area contributed by atoms with E-state index in [0.29, 0.717) is 6.54 Å². The molecule has 1 N–H and O–H groups in total. The maximum Gasteiger partial charge on any atom is 0.239 e. The van der Waals surface area contributed by atoms with E-state index >= 15 is 0 Å². The molecule has 0 saturated carbocycles. The highest BCUT2D eigenvalue weighted by Gasteiger charge is 2.28. The Morgan fingerprint density at radius 2 is 2.28 bits per heavy atom. The van der Waals surface area contributed by atoms with Crippen molar-refractivity contribution in [3.05, 3.63) is 16.1 Å². The van der Waals surface area contributed by atoms with E-state index in [1.54, 1.807) is 16.2 Å². The standard InChI is InChI=1S/C13H21N3OS/c1-13(2,3)10-8-18-11(15-10)7-14-9-5-6-16(4)12(9)17/h8-9,14H,5-7H2,1-4H3. The molecular weight excluding hydrogens is 246 g/mol. The molecule has 1 aromatic heterocycles. The van der Waals surface area contributed by atoms with E-state index in [9.17, 15) is 4.79 Å². The smallest absolute Gasteiger partial charge is 0.239 e. The van der Waals surface area contributed by atoms with Gasteiger partial charge in [-0.1, -0.05) is 20.8 Å². The zero-order valence-electron chi connectivity index (χ0n) is 11.5. The number of rotatable bonds is 3. The molecule has 5 heteroatoms. The second kappa shape index (κ2) is 4.97. The van der Waals surface area contributed by atoms with E-state index < -0.39 is 0 Å². The number of hydrogen-bond donors (Lipinski definition) is 1. The molecule has 1 aliphatic rings. The van der Waals surface area contributed by atoms with E-state index in [1.165, 1.54) is 0 Å². The van der Waals surface area contributed by atoms with Crippen molar-refractivity contribution >= 4 is 17.2 Å². The first kappa shape index (κ1) is 13.5. The molecule has 1 amide bonds. The highest BCUT2D eigenvalue weighted by atomic mass is 32.1. The second-order valence-electron chi connectivity index (χ2n) is 5.86. The Balaban J connectivity index is 1.91. The summed E-state index contributed by atoms with van der Waals surface area (Å²) in [7, 11) is 1.85. The van der Waals surface area contributed by atoms with Gasteiger partial charge in [0.15, 0.2) is 0 Å². The third-order valence-corrected chi connectivity index (χ3v) is 4.10. The Kier molecular flexibility index (Phi) is 3.73. The van der Waals surface area contributed by atoms with Crippen molar-refractivity contribution in [1.82, 2.24) is 15.2 Å². The largest absolute Gasteiger partial charge is 0.344 e. The molecule has 100 valence electrons. The van der Waals surface area contributed by atoms with E-state index in [1.807, 2.05) is 7.05 Å². The molecule has 0 aliphatic carbocycles. The first-order valence-corrected chi connectivity index (χ1v) is 7.19. The van der Waals surface area contributed by atoms with Crippen LogP contribution in [0.15, 0.2) is 5.38 Å². The zero-order valence-corrected chi connectivity index (χ0v) is 12.3. The van der Waals surface area contributed by atoms with Gasteiger partial charge < -0.3 is 4.90 Å². The van der Waals surface area contributed by atoms with Crippen molar-refractivity contribution in [2.24, 2.45) is 0 Å². The monoisotopic (exact) mass is 267 g/mol. The molecule has 1 aliphatic heterocycles. The normalized spacial score (nSPS) is 20.8. The summed E-state index contributed by atoms with van der Waals surface area (Å²) >= 11 is 1.66. The molecule has 1 atom stereocenters. The van der Waals surface area contributed by atoms with Crippen LogP contribution in [0.5, 0.6) is 0 Å². The second-order valence-corrected chi connectivity index (χ2v) is 6.80. The summed E-state index contributed by atoms with van der Waals surface area (Å²) in [5.41, 5.74) is 1.22. The van der Waals surface area contributed by atoms with Crippen LogP contribution < -0.4 is 5.32 Å². The zero-order chi connectivity index (χ0) is 13.3. The topological polar surface area (TPSA) is 45.2 Å². The number of carbonyl (C=O) groups is 1. The maximum atomic E-state index is 11.7. The number of carbonyl (C=O) groups excluding carboxylic acids is 1. The van der Waals surface area contributed by atoms with E-state index in [0.717, 1.165) is 23.7 Å². The summed E-state index contributed by atoms with van der Waals surface area (Å²) in [4.78, 5) is 18.1. The van der Waals surface area contributed by atoms with Crippen LogP contribution >= 0.6 is 11.3 Å². The van der Waals surface area contributed by atoms with Gasteiger partial charge in [0.2, 0.25) is 5.91 Å². The maximum absolute atomic E-state index is 11.7. The van der Waals surface area contributed by atoms with Gasteiger partial charge in [-0.3, -0.25) is 10.1 Å². The fraction of sp³-hybridized carbons (Fsp3) is 0.692. The van der Waals surface area contributed by atoms with Crippen molar-refractivity contribution < 1.29 is 4.79 Å². The van der Waals surface area contributed by atoms with Gasteiger partial charge in [-0.2, -0.15) is 0 Å². The molecule has 0 spiro atoms. The lowest BCUT2D eigenvalue weighted by Gasteiger charge is -2.14. The van der Waals surface area contributed by atoms with Gasteiger partial charge >= 0.3 is 0 Å². The number of amides is 1. The van der Waals surface area contributed by atoms with Gasteiger partial charge in [-0.05, 0) is 6.42 Å². The van der Waals surface area contributed by atoms with Gasteiger partial charge in [0.1, 0.15) is 5.01 Å². The molecule has 1 aromatic rings. The molecule has 4 nitrogen and oxygen atoms in total. The molecule has 0 aromatic carbocycles. The van der Waals surface area contributed by atoms with Crippen molar-refractivity contribution in [3.8, 4) is 0 Å². The van der Waals surface area contributed by atoms with Crippen LogP contribution in [0, 0.1) is 0 Å². The Bertz CT molecular complexity index is 436. The number of hydrogen-bond acceptors (Lipinski definition) is 4. The van der Waals surface area contributed by atoms with Crippen LogP contribution in [0.3, 0.4) is 0 Å². The predicted molar refractivity (Wildman–Crippen MR) is 73.7 cm³/mol. The average Bonchev–Trinajstić information content (AvgIpc) is 2.86. The lowest BCUT2D eigenvalue weighted by atomic mass is 9.93. The first-order valence-electron chi connectivity index (χ1n) is 6.31. The third kappa shape index (κ3) is 2.90. The molecule has 2 rings (SSSR count). The highest BCUT2D eigenvalue weighted by molar-refractivity contribution is 7.09. The minimum absolute atomic E-state index is 0.0306. The van der Waals surface area contributed by atoms with Crippen LogP contribution in [-0.4, -0.2) is 35.4 Å². The number of aromatic nitrogens is 1. The van der Waals surface area contributed by atoms with Crippen LogP contribution in [0.2, 0.25) is 0 Å². The lowest BCUT2D eigenvalue weighted by Crippen LogP contribution is -2.36. The Labute approximate surface area is 112 Å². The van der Waals surface area contributed by atoms with Crippen LogP contribution in [0.4, 0.5) is 0 Å². The number of thiazole rings is 1. The molecular formula is C13H21N3OS. The number of likely N-dealkylation sites (tertiary alicyclic amines) is 1. The van der Waals surface area contributed by atoms with E-state index in [4.69, 9.17) is 0 Å². The number of likely N-dealkylation sites (N-methyl/N-ethyl adjacent to an activating group) is 1. The van der Waals surface area contributed by atoms with Gasteiger partial charge in [0.05, 0.1) is 11.7 Å². The van der Waals surface area contributed by atoms with Crippen LogP contribution in [-0.2, 0) is 16.8 Å². The fourth-order valence-electron chi connectivity index (χ4n) is 1.96. The summed E-state index contributed by atoms with van der Waals surface area (Å²) < 4.78 is 0. The van der Waals surface area contributed by atoms with Gasteiger partial charge in [0.25, 0.3) is 0 Å². The lowest BCUT2D eigenvalue weighted by molar-refractivity contribution is -0.128. The molecule has 1 saturated heterocycles. The summed E-state index contributed by atoms with van der Waals surface area (Å²) in [5.74, 6) is 0.197. The fourth-order valence-corrected chi connectivity index (χ4v) is 2.93. The molecule has 1 unspecified atom stereocenters. The molecule has 0 bridgehead atoms. The molecule has 2 heterocycles. The third-order valence-electron chi connectivity index (χ3n) is 3.25. The van der Waals surface area contributed by atoms with Crippen molar-refractivity contribution in [2.75, 3.05) is 13.6 Å². The number of nitrogens with zero attached hydrogens (tertiary/aromatic N) is 2. The Morgan fingerprint density at radius 3 is 2.78 bits per heavy atom. The quantitative estimate of drug-likeness (QED) is 0.907. The van der Waals surface area contributed by atoms with E-state index in [-0.39, 0.29) is 17.4 Å². The minimum Gasteiger partial charge on any atom is -0.344 e. The highest BCUT2D eigenvalue weighted by Crippen LogP contribution is 2.24. The van der Waals surface area contributed by atoms with Gasteiger partial charge in [-0.15, -0.1) is 11.3 Å². The minimum atomic E-state index is -0.0306. The molecule has 1 fully saturated rings. The predicted octanol–water partition coefficient (Wildman–Crippen LogP) is 1.76. The molecule has 0 radical (unpaired) electrons. The first-order chi connectivity index (χ1) is 8.38. The number of nitrogens with one attached hydrogen (secondary N) is 1. The summed E-state index contributed by atoms with van der Waals surface area (Å²) in [6.07, 6.45) is 0.896.